The van der Waals surface area contributed by atoms with Gasteiger partial charge in [-0.15, -0.1) is 0 Å². The van der Waals surface area contributed by atoms with E-state index in [-0.39, 0.29) is 0 Å². The van der Waals surface area contributed by atoms with Gasteiger partial charge in [0.15, 0.2) is 0 Å². The fourth-order valence-electron chi connectivity index (χ4n) is 3.91. The topological polar surface area (TPSA) is 60.3 Å². The number of nitrogens with one attached hydrogen (secondary N) is 1. The molecule has 1 atom stereocenters. The van der Waals surface area contributed by atoms with Crippen LogP contribution in [-0.4, -0.2) is 29.6 Å². The zero-order valence-corrected chi connectivity index (χ0v) is 16.4. The highest BCUT2D eigenvalue weighted by atomic mass is 16.5. The fourth-order valence-corrected chi connectivity index (χ4v) is 3.91. The van der Waals surface area contributed by atoms with Gasteiger partial charge in [0.2, 0.25) is 6.41 Å². The number of aromatic nitrogens is 1. The van der Waals surface area contributed by atoms with Gasteiger partial charge in [-0.2, -0.15) is 0 Å². The van der Waals surface area contributed by atoms with Crippen LogP contribution in [0.4, 0.5) is 0 Å². The summed E-state index contributed by atoms with van der Waals surface area (Å²) in [4.78, 5) is 23.1. The number of hydrogen-bond donors (Lipinski definition) is 1. The molecular weight excluding hydrogens is 364 g/mol. The van der Waals surface area contributed by atoms with Gasteiger partial charge in [0.1, 0.15) is 5.54 Å². The molecule has 0 saturated carbocycles. The first-order valence-electron chi connectivity index (χ1n) is 9.44. The van der Waals surface area contributed by atoms with Crippen LogP contribution in [0.3, 0.4) is 0 Å². The van der Waals surface area contributed by atoms with Crippen LogP contribution < -0.4 is 5.32 Å². The summed E-state index contributed by atoms with van der Waals surface area (Å²) in [5.74, 6) is -0.476. The van der Waals surface area contributed by atoms with Crippen LogP contribution in [0.1, 0.15) is 12.5 Å². The summed E-state index contributed by atoms with van der Waals surface area (Å²) in [6, 6.07) is 24.7. The molecule has 29 heavy (non-hydrogen) atoms. The molecule has 0 radical (unpaired) electrons. The lowest BCUT2D eigenvalue weighted by Crippen LogP contribution is -2.51. The zero-order valence-electron chi connectivity index (χ0n) is 16.4. The van der Waals surface area contributed by atoms with Crippen LogP contribution >= 0.6 is 0 Å². The molecule has 3 aromatic carbocycles. The van der Waals surface area contributed by atoms with E-state index in [0.717, 1.165) is 22.3 Å². The van der Waals surface area contributed by atoms with Crippen LogP contribution in [0, 0.1) is 0 Å². The molecule has 0 fully saturated rings. The van der Waals surface area contributed by atoms with E-state index in [1.54, 1.807) is 6.92 Å². The third-order valence-electron chi connectivity index (χ3n) is 5.35. The van der Waals surface area contributed by atoms with Gasteiger partial charge < -0.3 is 14.6 Å². The molecular formula is C24H22N2O3. The number of nitrogens with zero attached hydrogens (tertiary/aromatic N) is 1. The largest absolute Gasteiger partial charge is 0.467 e. The summed E-state index contributed by atoms with van der Waals surface area (Å²) in [5.41, 5.74) is 3.14. The number of rotatable bonds is 6. The summed E-state index contributed by atoms with van der Waals surface area (Å²) in [5, 5.41) is 5.01. The Kier molecular flexibility index (Phi) is 4.80. The number of amides is 1. The Morgan fingerprint density at radius 2 is 1.52 bits per heavy atom. The summed E-state index contributed by atoms with van der Waals surface area (Å²) in [6.07, 6.45) is 0.870. The van der Waals surface area contributed by atoms with E-state index in [9.17, 15) is 9.59 Å². The van der Waals surface area contributed by atoms with Gasteiger partial charge in [0, 0.05) is 22.9 Å². The van der Waals surface area contributed by atoms with E-state index in [0.29, 0.717) is 12.8 Å². The number of methoxy groups -OCH3 is 1. The lowest BCUT2D eigenvalue weighted by atomic mass is 9.93. The van der Waals surface area contributed by atoms with Crippen LogP contribution in [0.15, 0.2) is 72.8 Å². The lowest BCUT2D eigenvalue weighted by molar-refractivity contribution is -0.148. The quantitative estimate of drug-likeness (QED) is 0.402. The molecule has 0 spiro atoms. The maximum atomic E-state index is 12.1. The highest BCUT2D eigenvalue weighted by molar-refractivity contribution is 6.09. The first-order chi connectivity index (χ1) is 14.1. The van der Waals surface area contributed by atoms with Crippen LogP contribution in [0.25, 0.3) is 27.5 Å². The van der Waals surface area contributed by atoms with E-state index in [1.807, 2.05) is 36.4 Å². The van der Waals surface area contributed by atoms with Crippen molar-refractivity contribution in [3.8, 4) is 5.69 Å². The predicted molar refractivity (Wildman–Crippen MR) is 114 cm³/mol. The van der Waals surface area contributed by atoms with E-state index >= 15 is 0 Å². The number of hydrogen-bond acceptors (Lipinski definition) is 3. The molecule has 0 aliphatic carbocycles. The molecule has 1 N–H and O–H groups in total. The Balaban J connectivity index is 1.75. The number of carbonyl (C=O) groups is 2. The molecule has 0 bridgehead atoms. The van der Waals surface area contributed by atoms with Crippen LogP contribution in [0.2, 0.25) is 0 Å². The molecule has 0 saturated heterocycles. The van der Waals surface area contributed by atoms with Gasteiger partial charge in [-0.05, 0) is 36.8 Å². The summed E-state index contributed by atoms with van der Waals surface area (Å²) in [6.45, 7) is 1.66. The number of carbonyl (C=O) groups excluding carboxylic acids is 2. The molecule has 1 aromatic heterocycles. The Morgan fingerprint density at radius 3 is 2.03 bits per heavy atom. The van der Waals surface area contributed by atoms with E-state index in [4.69, 9.17) is 4.74 Å². The average Bonchev–Trinajstić information content (AvgIpc) is 3.08. The minimum absolute atomic E-state index is 0.339. The van der Waals surface area contributed by atoms with Crippen molar-refractivity contribution in [1.82, 2.24) is 9.88 Å². The van der Waals surface area contributed by atoms with Gasteiger partial charge in [-0.25, -0.2) is 4.79 Å². The molecule has 1 amide bonds. The highest BCUT2D eigenvalue weighted by Gasteiger charge is 2.34. The van der Waals surface area contributed by atoms with Gasteiger partial charge >= 0.3 is 5.97 Å². The van der Waals surface area contributed by atoms with Crippen molar-refractivity contribution in [2.75, 3.05) is 7.11 Å². The lowest BCUT2D eigenvalue weighted by Gasteiger charge is -2.26. The predicted octanol–water partition coefficient (Wildman–Crippen LogP) is 4.00. The first-order valence-corrected chi connectivity index (χ1v) is 9.44. The van der Waals surface area contributed by atoms with Gasteiger partial charge in [-0.1, -0.05) is 48.5 Å². The monoisotopic (exact) mass is 386 g/mol. The second-order valence-electron chi connectivity index (χ2n) is 7.30. The Bertz CT molecular complexity index is 1140. The fraction of sp³-hybridized carbons (Fsp3) is 0.167. The van der Waals surface area contributed by atoms with Crippen molar-refractivity contribution < 1.29 is 14.3 Å². The third kappa shape index (κ3) is 3.25. The molecule has 0 aliphatic heterocycles. The molecule has 4 rings (SSSR count). The number of fused-ring (bicyclic) bond motifs is 3. The number of ether oxygens (including phenoxy) is 1. The van der Waals surface area contributed by atoms with Crippen molar-refractivity contribution in [3.05, 3.63) is 78.4 Å². The normalized spacial score (nSPS) is 13.2. The Morgan fingerprint density at radius 1 is 0.966 bits per heavy atom. The van der Waals surface area contributed by atoms with Crippen LogP contribution in [-0.2, 0) is 20.7 Å². The maximum absolute atomic E-state index is 12.1. The highest BCUT2D eigenvalue weighted by Crippen LogP contribution is 2.31. The summed E-state index contributed by atoms with van der Waals surface area (Å²) >= 11 is 0. The average molecular weight is 386 g/mol. The van der Waals surface area contributed by atoms with Crippen LogP contribution in [0.5, 0.6) is 0 Å². The summed E-state index contributed by atoms with van der Waals surface area (Å²) < 4.78 is 7.09. The van der Waals surface area contributed by atoms with Gasteiger partial charge in [0.25, 0.3) is 0 Å². The number of esters is 1. The third-order valence-corrected chi connectivity index (χ3v) is 5.35. The van der Waals surface area contributed by atoms with E-state index in [1.165, 1.54) is 17.9 Å². The van der Waals surface area contributed by atoms with Crippen molar-refractivity contribution in [2.24, 2.45) is 0 Å². The van der Waals surface area contributed by atoms with Crippen molar-refractivity contribution in [1.29, 1.82) is 0 Å². The van der Waals surface area contributed by atoms with Gasteiger partial charge in [0.05, 0.1) is 18.1 Å². The molecule has 5 nitrogen and oxygen atoms in total. The SMILES string of the molecule is COC(=O)[C@](C)(Cc1ccc(-n2c3ccccc3c3ccccc32)cc1)NC=O. The minimum atomic E-state index is -1.11. The van der Waals surface area contributed by atoms with Gasteiger partial charge in [-0.3, -0.25) is 4.79 Å². The molecule has 4 aromatic rings. The maximum Gasteiger partial charge on any atom is 0.331 e. The number of benzene rings is 3. The second-order valence-corrected chi connectivity index (χ2v) is 7.30. The standard InChI is InChI=1S/C24H22N2O3/c1-24(25-16-27,23(28)29-2)15-17-11-13-18(14-12-17)26-21-9-5-3-7-19(21)20-8-4-6-10-22(20)26/h3-14,16H,15H2,1-2H3,(H,25,27)/t24-/m0/s1. The summed E-state index contributed by atoms with van der Waals surface area (Å²) in [7, 11) is 1.32. The second kappa shape index (κ2) is 7.43. The first kappa shape index (κ1) is 18.7. The molecule has 0 unspecified atom stereocenters. The number of para-hydroxylation sites is 2. The molecule has 0 aliphatic rings. The zero-order chi connectivity index (χ0) is 20.4. The van der Waals surface area contributed by atoms with E-state index in [2.05, 4.69) is 46.3 Å². The Hall–Kier alpha value is -3.60. The van der Waals surface area contributed by atoms with Crippen molar-refractivity contribution >= 4 is 34.2 Å². The molecule has 5 heteroatoms. The minimum Gasteiger partial charge on any atom is -0.467 e. The Labute approximate surface area is 168 Å². The molecule has 146 valence electrons. The molecule has 1 heterocycles. The van der Waals surface area contributed by atoms with Crippen molar-refractivity contribution in [2.45, 2.75) is 18.9 Å². The van der Waals surface area contributed by atoms with E-state index < -0.39 is 11.5 Å². The van der Waals surface area contributed by atoms with Crippen molar-refractivity contribution in [3.63, 3.8) is 0 Å². The smallest absolute Gasteiger partial charge is 0.331 e.